The van der Waals surface area contributed by atoms with Gasteiger partial charge in [-0.2, -0.15) is 0 Å². The minimum absolute atomic E-state index is 0.143. The lowest BCUT2D eigenvalue weighted by atomic mass is 10.0. The third kappa shape index (κ3) is 3.28. The molecule has 4 rings (SSSR count). The van der Waals surface area contributed by atoms with Crippen molar-refractivity contribution in [1.29, 1.82) is 0 Å². The van der Waals surface area contributed by atoms with E-state index < -0.39 is 32.4 Å². The van der Waals surface area contributed by atoms with Gasteiger partial charge in [0, 0.05) is 7.11 Å². The van der Waals surface area contributed by atoms with Crippen LogP contribution in [0.2, 0.25) is 5.04 Å². The molecule has 0 aliphatic carbocycles. The van der Waals surface area contributed by atoms with Crippen LogP contribution < -0.4 is 10.4 Å². The van der Waals surface area contributed by atoms with Crippen LogP contribution in [0.4, 0.5) is 0 Å². The maximum Gasteiger partial charge on any atom is 0.261 e. The first-order chi connectivity index (χ1) is 13.8. The van der Waals surface area contributed by atoms with E-state index in [9.17, 15) is 5.11 Å². The summed E-state index contributed by atoms with van der Waals surface area (Å²) in [5.74, 6) is 0. The second kappa shape index (κ2) is 7.61. The summed E-state index contributed by atoms with van der Waals surface area (Å²) in [6.45, 7) is 7.24. The topological polar surface area (TPSA) is 57.2 Å². The molecule has 2 aromatic carbocycles. The van der Waals surface area contributed by atoms with E-state index in [1.165, 1.54) is 10.4 Å². The average Bonchev–Trinajstić information content (AvgIpc) is 3.18. The lowest BCUT2D eigenvalue weighted by molar-refractivity contribution is -0.241. The summed E-state index contributed by atoms with van der Waals surface area (Å²) in [5, 5.41) is 13.1. The first-order valence-corrected chi connectivity index (χ1v) is 12.0. The number of methoxy groups -OCH3 is 1. The van der Waals surface area contributed by atoms with Gasteiger partial charge in [-0.25, -0.2) is 0 Å². The summed E-state index contributed by atoms with van der Waals surface area (Å²) < 4.78 is 24.2. The second-order valence-corrected chi connectivity index (χ2v) is 13.3. The molecule has 4 atom stereocenters. The number of benzene rings is 2. The predicted octanol–water partition coefficient (Wildman–Crippen LogP) is 2.06. The fourth-order valence-corrected chi connectivity index (χ4v) is 9.29. The Morgan fingerprint density at radius 3 is 2.03 bits per heavy atom. The quantitative estimate of drug-likeness (QED) is 0.734. The fourth-order valence-electron chi connectivity index (χ4n) is 4.68. The molecule has 0 radical (unpaired) electrons. The summed E-state index contributed by atoms with van der Waals surface area (Å²) in [5.41, 5.74) is -0.904. The van der Waals surface area contributed by atoms with Gasteiger partial charge in [0.25, 0.3) is 8.32 Å². The Hall–Kier alpha value is -1.54. The number of aliphatic hydroxyl groups is 1. The van der Waals surface area contributed by atoms with Crippen LogP contribution in [-0.4, -0.2) is 57.8 Å². The predicted molar refractivity (Wildman–Crippen MR) is 114 cm³/mol. The van der Waals surface area contributed by atoms with E-state index in [4.69, 9.17) is 18.6 Å². The molecule has 6 heteroatoms. The molecule has 2 aromatic rings. The molecule has 2 fully saturated rings. The van der Waals surface area contributed by atoms with Crippen molar-refractivity contribution in [2.75, 3.05) is 20.3 Å². The summed E-state index contributed by atoms with van der Waals surface area (Å²) in [7, 11) is -1.14. The molecule has 2 saturated heterocycles. The van der Waals surface area contributed by atoms with Crippen molar-refractivity contribution >= 4 is 18.7 Å². The summed E-state index contributed by atoms with van der Waals surface area (Å²) in [4.78, 5) is 0. The van der Waals surface area contributed by atoms with Gasteiger partial charge in [-0.1, -0.05) is 81.4 Å². The van der Waals surface area contributed by atoms with E-state index in [-0.39, 0.29) is 11.6 Å². The van der Waals surface area contributed by atoms with E-state index in [1.807, 2.05) is 12.1 Å². The largest absolute Gasteiger partial charge is 0.404 e. The zero-order valence-electron chi connectivity index (χ0n) is 17.5. The Morgan fingerprint density at radius 1 is 1.03 bits per heavy atom. The third-order valence-electron chi connectivity index (χ3n) is 6.17. The van der Waals surface area contributed by atoms with E-state index in [1.54, 1.807) is 7.11 Å². The number of ether oxygens (including phenoxy) is 3. The molecule has 0 amide bonds. The number of fused-ring (bicyclic) bond motifs is 2. The SMILES string of the molecule is CO[C@@H]1O[C@@]2(CO[Si](c3ccccc3)(c3ccccc3)C(C)(C)C)CO[C@H]1C2O. The van der Waals surface area contributed by atoms with Gasteiger partial charge in [-0.15, -0.1) is 0 Å². The van der Waals surface area contributed by atoms with Crippen molar-refractivity contribution in [2.24, 2.45) is 0 Å². The molecule has 0 aromatic heterocycles. The highest BCUT2D eigenvalue weighted by atomic mass is 28.4. The Labute approximate surface area is 173 Å². The molecule has 0 spiro atoms. The first-order valence-electron chi connectivity index (χ1n) is 10.1. The lowest BCUT2D eigenvalue weighted by Crippen LogP contribution is -2.68. The van der Waals surface area contributed by atoms with Crippen LogP contribution in [0.1, 0.15) is 20.8 Å². The van der Waals surface area contributed by atoms with Crippen LogP contribution in [-0.2, 0) is 18.6 Å². The smallest absolute Gasteiger partial charge is 0.261 e. The molecule has 5 nitrogen and oxygen atoms in total. The summed E-state index contributed by atoms with van der Waals surface area (Å²) in [6.07, 6.45) is -1.81. The normalized spacial score (nSPS) is 29.3. The lowest BCUT2D eigenvalue weighted by Gasteiger charge is -2.45. The average molecular weight is 415 g/mol. The second-order valence-electron chi connectivity index (χ2n) is 8.96. The minimum atomic E-state index is -2.71. The van der Waals surface area contributed by atoms with Gasteiger partial charge in [-0.3, -0.25) is 0 Å². The van der Waals surface area contributed by atoms with Crippen LogP contribution in [0, 0.1) is 0 Å². The Balaban J connectivity index is 1.76. The van der Waals surface area contributed by atoms with Crippen molar-refractivity contribution in [1.82, 2.24) is 0 Å². The molecule has 2 aliphatic heterocycles. The molecular formula is C23H30O5Si. The highest BCUT2D eigenvalue weighted by Gasteiger charge is 2.63. The van der Waals surface area contributed by atoms with Crippen LogP contribution in [0.5, 0.6) is 0 Å². The zero-order valence-corrected chi connectivity index (χ0v) is 18.5. The number of hydrogen-bond donors (Lipinski definition) is 1. The Kier molecular flexibility index (Phi) is 5.44. The molecule has 156 valence electrons. The summed E-state index contributed by atoms with van der Waals surface area (Å²) in [6, 6.07) is 20.9. The molecule has 1 unspecified atom stereocenters. The van der Waals surface area contributed by atoms with Crippen LogP contribution in [0.15, 0.2) is 60.7 Å². The summed E-state index contributed by atoms with van der Waals surface area (Å²) >= 11 is 0. The highest BCUT2D eigenvalue weighted by molar-refractivity contribution is 6.99. The van der Waals surface area contributed by atoms with Crippen LogP contribution in [0.25, 0.3) is 0 Å². The van der Waals surface area contributed by atoms with Crippen LogP contribution in [0.3, 0.4) is 0 Å². The van der Waals surface area contributed by atoms with E-state index in [0.29, 0.717) is 6.61 Å². The third-order valence-corrected chi connectivity index (χ3v) is 11.2. The van der Waals surface area contributed by atoms with Crippen molar-refractivity contribution in [3.8, 4) is 0 Å². The zero-order chi connectivity index (χ0) is 20.7. The number of hydrogen-bond acceptors (Lipinski definition) is 5. The molecule has 2 bridgehead atoms. The molecule has 0 saturated carbocycles. The maximum absolute atomic E-state index is 10.8. The van der Waals surface area contributed by atoms with E-state index in [2.05, 4.69) is 69.3 Å². The highest BCUT2D eigenvalue weighted by Crippen LogP contribution is 2.43. The Bertz CT molecular complexity index is 783. The monoisotopic (exact) mass is 414 g/mol. The van der Waals surface area contributed by atoms with Gasteiger partial charge in [0.15, 0.2) is 6.29 Å². The van der Waals surface area contributed by atoms with Crippen molar-refractivity contribution in [3.05, 3.63) is 60.7 Å². The van der Waals surface area contributed by atoms with Crippen molar-refractivity contribution < 1.29 is 23.7 Å². The first kappa shape index (κ1) is 20.7. The maximum atomic E-state index is 10.8. The van der Waals surface area contributed by atoms with Gasteiger partial charge >= 0.3 is 0 Å². The van der Waals surface area contributed by atoms with Gasteiger partial charge < -0.3 is 23.7 Å². The fraction of sp³-hybridized carbons (Fsp3) is 0.478. The molecular weight excluding hydrogens is 384 g/mol. The van der Waals surface area contributed by atoms with Gasteiger partial charge in [0.2, 0.25) is 0 Å². The van der Waals surface area contributed by atoms with Crippen LogP contribution >= 0.6 is 0 Å². The van der Waals surface area contributed by atoms with Gasteiger partial charge in [-0.05, 0) is 15.4 Å². The van der Waals surface area contributed by atoms with E-state index in [0.717, 1.165) is 0 Å². The molecule has 1 N–H and O–H groups in total. The Morgan fingerprint density at radius 2 is 1.59 bits per heavy atom. The minimum Gasteiger partial charge on any atom is -0.404 e. The standard InChI is InChI=1S/C23H30O5Si/c1-22(2,3)29(17-11-7-5-8-12-17,18-13-9-6-10-14-18)27-16-23-15-26-19(20(23)24)21(25-4)28-23/h5-14,19-21,24H,15-16H2,1-4H3/t19-,20?,21+,23+/m0/s1. The van der Waals surface area contributed by atoms with Gasteiger partial charge in [0.1, 0.15) is 17.8 Å². The van der Waals surface area contributed by atoms with Crippen molar-refractivity contribution in [3.63, 3.8) is 0 Å². The molecule has 2 heterocycles. The molecule has 2 aliphatic rings. The number of aliphatic hydroxyl groups excluding tert-OH is 1. The molecule has 29 heavy (non-hydrogen) atoms. The van der Waals surface area contributed by atoms with E-state index >= 15 is 0 Å². The number of rotatable bonds is 6. The van der Waals surface area contributed by atoms with Gasteiger partial charge in [0.05, 0.1) is 13.2 Å². The van der Waals surface area contributed by atoms with Crippen molar-refractivity contribution in [2.45, 2.75) is 49.9 Å².